The van der Waals surface area contributed by atoms with Crippen LogP contribution in [0.3, 0.4) is 0 Å². The molecule has 0 heterocycles. The van der Waals surface area contributed by atoms with E-state index in [1.165, 1.54) is 12.1 Å². The van der Waals surface area contributed by atoms with E-state index < -0.39 is 17.4 Å². The first kappa shape index (κ1) is 17.2. The minimum absolute atomic E-state index is 0.0110. The maximum Gasteiger partial charge on any atom is 0.335 e. The molecule has 0 aliphatic rings. The molecule has 0 saturated heterocycles. The number of hydrogen-bond acceptors (Lipinski definition) is 1. The van der Waals surface area contributed by atoms with Crippen LogP contribution >= 0.6 is 0 Å². The highest BCUT2D eigenvalue weighted by Gasteiger charge is 2.41. The van der Waals surface area contributed by atoms with Crippen LogP contribution < -0.4 is 0 Å². The van der Waals surface area contributed by atoms with Gasteiger partial charge in [0.25, 0.3) is 0 Å². The first-order valence-electron chi connectivity index (χ1n) is 8.03. The van der Waals surface area contributed by atoms with Gasteiger partial charge in [-0.3, -0.25) is 0 Å². The van der Waals surface area contributed by atoms with Crippen LogP contribution in [0.4, 0.5) is 13.2 Å². The summed E-state index contributed by atoms with van der Waals surface area (Å²) in [6.07, 6.45) is 0. The molecule has 1 nitrogen and oxygen atoms in total. The molecule has 0 aromatic heterocycles. The van der Waals surface area contributed by atoms with Gasteiger partial charge in [0.15, 0.2) is 0 Å². The van der Waals surface area contributed by atoms with Gasteiger partial charge in [0.2, 0.25) is 0 Å². The maximum absolute atomic E-state index is 15.1. The standard InChI is InChI=1S/C21H18F3N/c22-20-14-8-7-13-19(20)21(23,24)25(15-17-9-3-1-4-10-17)16-18-11-5-2-6-12-18/h1-14H,15-16H2. The van der Waals surface area contributed by atoms with Crippen molar-refractivity contribution in [1.29, 1.82) is 0 Å². The van der Waals surface area contributed by atoms with Gasteiger partial charge < -0.3 is 0 Å². The second-order valence-electron chi connectivity index (χ2n) is 5.85. The molecule has 0 N–H and O–H groups in total. The first-order valence-corrected chi connectivity index (χ1v) is 8.03. The molecule has 0 amide bonds. The van der Waals surface area contributed by atoms with Gasteiger partial charge in [-0.2, -0.15) is 8.78 Å². The molecule has 3 rings (SSSR count). The van der Waals surface area contributed by atoms with Crippen LogP contribution in [0.5, 0.6) is 0 Å². The van der Waals surface area contributed by atoms with Crippen molar-refractivity contribution in [3.63, 3.8) is 0 Å². The molecule has 0 bridgehead atoms. The molecule has 0 spiro atoms. The van der Waals surface area contributed by atoms with Gasteiger partial charge >= 0.3 is 6.05 Å². The monoisotopic (exact) mass is 341 g/mol. The second-order valence-corrected chi connectivity index (χ2v) is 5.85. The molecule has 3 aromatic carbocycles. The lowest BCUT2D eigenvalue weighted by molar-refractivity contribution is -0.167. The average Bonchev–Trinajstić information content (AvgIpc) is 2.63. The van der Waals surface area contributed by atoms with Gasteiger partial charge in [0.1, 0.15) is 5.82 Å². The van der Waals surface area contributed by atoms with Crippen molar-refractivity contribution < 1.29 is 13.2 Å². The van der Waals surface area contributed by atoms with E-state index in [0.717, 1.165) is 28.2 Å². The average molecular weight is 341 g/mol. The Kier molecular flexibility index (Phi) is 5.19. The molecule has 3 aromatic rings. The molecule has 4 heteroatoms. The Morgan fingerprint density at radius 1 is 0.640 bits per heavy atom. The van der Waals surface area contributed by atoms with Crippen molar-refractivity contribution in [3.05, 3.63) is 107 Å². The number of hydrogen-bond donors (Lipinski definition) is 0. The fourth-order valence-corrected chi connectivity index (χ4v) is 2.74. The van der Waals surface area contributed by atoms with Crippen LogP contribution in [0.1, 0.15) is 16.7 Å². The minimum Gasteiger partial charge on any atom is -0.232 e. The van der Waals surface area contributed by atoms with Crippen LogP contribution in [0.15, 0.2) is 84.9 Å². The Morgan fingerprint density at radius 3 is 1.56 bits per heavy atom. The smallest absolute Gasteiger partial charge is 0.232 e. The Hall–Kier alpha value is -2.59. The Balaban J connectivity index is 1.96. The predicted octanol–water partition coefficient (Wildman–Crippen LogP) is 5.58. The van der Waals surface area contributed by atoms with Gasteiger partial charge in [-0.15, -0.1) is 0 Å². The van der Waals surface area contributed by atoms with E-state index in [2.05, 4.69) is 0 Å². The molecule has 0 radical (unpaired) electrons. The molecule has 25 heavy (non-hydrogen) atoms. The minimum atomic E-state index is -3.43. The van der Waals surface area contributed by atoms with Gasteiger partial charge in [0.05, 0.1) is 5.56 Å². The Bertz CT molecular complexity index is 762. The molecule has 0 aliphatic carbocycles. The molecule has 0 aliphatic heterocycles. The van der Waals surface area contributed by atoms with Crippen molar-refractivity contribution in [1.82, 2.24) is 4.90 Å². The highest BCUT2D eigenvalue weighted by molar-refractivity contribution is 5.24. The Morgan fingerprint density at radius 2 is 1.08 bits per heavy atom. The topological polar surface area (TPSA) is 3.24 Å². The summed E-state index contributed by atoms with van der Waals surface area (Å²) in [5.74, 6) is -0.904. The van der Waals surface area contributed by atoms with Crippen molar-refractivity contribution >= 4 is 0 Å². The largest absolute Gasteiger partial charge is 0.335 e. The first-order chi connectivity index (χ1) is 12.1. The summed E-state index contributed by atoms with van der Waals surface area (Å²) in [7, 11) is 0. The van der Waals surface area contributed by atoms with E-state index in [4.69, 9.17) is 0 Å². The lowest BCUT2D eigenvalue weighted by atomic mass is 10.1. The van der Waals surface area contributed by atoms with Crippen LogP contribution in [-0.2, 0) is 19.1 Å². The van der Waals surface area contributed by atoms with Crippen molar-refractivity contribution in [3.8, 4) is 0 Å². The molecule has 0 atom stereocenters. The van der Waals surface area contributed by atoms with Crippen molar-refractivity contribution in [2.24, 2.45) is 0 Å². The molecular formula is C21H18F3N. The van der Waals surface area contributed by atoms with Crippen LogP contribution in [-0.4, -0.2) is 4.90 Å². The zero-order chi connectivity index (χ0) is 17.7. The molecule has 0 unspecified atom stereocenters. The van der Waals surface area contributed by atoms with Gasteiger partial charge in [-0.25, -0.2) is 9.29 Å². The SMILES string of the molecule is Fc1ccccc1C(F)(F)N(Cc1ccccc1)Cc1ccccc1. The van der Waals surface area contributed by atoms with E-state index in [0.29, 0.717) is 0 Å². The molecule has 0 fully saturated rings. The highest BCUT2D eigenvalue weighted by atomic mass is 19.3. The quantitative estimate of drug-likeness (QED) is 0.529. The van der Waals surface area contributed by atoms with Gasteiger partial charge in [-0.1, -0.05) is 72.8 Å². The van der Waals surface area contributed by atoms with Gasteiger partial charge in [-0.05, 0) is 23.3 Å². The molecule has 0 saturated carbocycles. The van der Waals surface area contributed by atoms with Crippen LogP contribution in [0, 0.1) is 5.82 Å². The summed E-state index contributed by atoms with van der Waals surface area (Å²) >= 11 is 0. The highest BCUT2D eigenvalue weighted by Crippen LogP contribution is 2.36. The summed E-state index contributed by atoms with van der Waals surface area (Å²) in [4.78, 5) is 0.996. The van der Waals surface area contributed by atoms with E-state index in [1.807, 2.05) is 12.1 Å². The van der Waals surface area contributed by atoms with Crippen molar-refractivity contribution in [2.45, 2.75) is 19.1 Å². The second kappa shape index (κ2) is 7.53. The normalized spacial score (nSPS) is 11.7. The van der Waals surface area contributed by atoms with E-state index in [9.17, 15) is 4.39 Å². The van der Waals surface area contributed by atoms with Gasteiger partial charge in [0, 0.05) is 13.1 Å². The number of halogens is 3. The number of nitrogens with zero attached hydrogens (tertiary/aromatic N) is 1. The predicted molar refractivity (Wildman–Crippen MR) is 92.4 cm³/mol. The maximum atomic E-state index is 15.1. The lowest BCUT2D eigenvalue weighted by Crippen LogP contribution is -2.39. The third-order valence-corrected chi connectivity index (χ3v) is 4.03. The fraction of sp³-hybridized carbons (Fsp3) is 0.143. The summed E-state index contributed by atoms with van der Waals surface area (Å²) in [6.45, 7) is 0.0220. The number of benzene rings is 3. The third kappa shape index (κ3) is 4.09. The van der Waals surface area contributed by atoms with Crippen LogP contribution in [0.2, 0.25) is 0 Å². The summed E-state index contributed by atoms with van der Waals surface area (Å²) in [5, 5.41) is 0. The van der Waals surface area contributed by atoms with E-state index in [-0.39, 0.29) is 13.1 Å². The van der Waals surface area contributed by atoms with E-state index in [1.54, 1.807) is 48.5 Å². The fourth-order valence-electron chi connectivity index (χ4n) is 2.74. The third-order valence-electron chi connectivity index (χ3n) is 4.03. The zero-order valence-electron chi connectivity index (χ0n) is 13.6. The summed E-state index contributed by atoms with van der Waals surface area (Å²) < 4.78 is 44.3. The number of alkyl halides is 2. The lowest BCUT2D eigenvalue weighted by Gasteiger charge is -2.32. The summed E-state index contributed by atoms with van der Waals surface area (Å²) in [5.41, 5.74) is 0.880. The summed E-state index contributed by atoms with van der Waals surface area (Å²) in [6, 6.07) is 19.6. The zero-order valence-corrected chi connectivity index (χ0v) is 13.6. The van der Waals surface area contributed by atoms with Crippen molar-refractivity contribution in [2.75, 3.05) is 0 Å². The molecular weight excluding hydrogens is 323 g/mol. The molecule has 128 valence electrons. The number of rotatable bonds is 6. The van der Waals surface area contributed by atoms with Crippen LogP contribution in [0.25, 0.3) is 0 Å². The Labute approximate surface area is 145 Å². The van der Waals surface area contributed by atoms with E-state index >= 15 is 8.78 Å².